The average molecular weight is 253 g/mol. The highest BCUT2D eigenvalue weighted by Gasteiger charge is 2.23. The third-order valence-electron chi connectivity index (χ3n) is 3.41. The first-order valence-corrected chi connectivity index (χ1v) is 6.78. The number of benzene rings is 1. The zero-order valence-corrected chi connectivity index (χ0v) is 11.4. The van der Waals surface area contributed by atoms with Crippen molar-refractivity contribution in [2.75, 3.05) is 19.6 Å². The molecule has 0 atom stereocenters. The van der Waals surface area contributed by atoms with Crippen molar-refractivity contribution >= 4 is 11.6 Å². The molecule has 0 unspecified atom stereocenters. The molecule has 1 aliphatic heterocycles. The number of aryl methyl sites for hydroxylation is 1. The Balaban J connectivity index is 2.02. The van der Waals surface area contributed by atoms with E-state index < -0.39 is 0 Å². The third kappa shape index (κ3) is 3.21. The highest BCUT2D eigenvalue weighted by Crippen LogP contribution is 2.19. The summed E-state index contributed by atoms with van der Waals surface area (Å²) in [6.07, 6.45) is 1.20. The normalized spacial score (nSPS) is 16.2. The SMILES string of the molecule is CCCN(Cc1ccc(C)c(Cl)c1)C1CNC1. The summed E-state index contributed by atoms with van der Waals surface area (Å²) in [5.41, 5.74) is 2.48. The highest BCUT2D eigenvalue weighted by atomic mass is 35.5. The zero-order chi connectivity index (χ0) is 12.3. The minimum absolute atomic E-state index is 0.704. The lowest BCUT2D eigenvalue weighted by Gasteiger charge is -2.38. The maximum Gasteiger partial charge on any atom is 0.0438 e. The lowest BCUT2D eigenvalue weighted by Crippen LogP contribution is -2.56. The summed E-state index contributed by atoms with van der Waals surface area (Å²) >= 11 is 6.17. The van der Waals surface area contributed by atoms with Crippen LogP contribution in [0.3, 0.4) is 0 Å². The molecule has 17 heavy (non-hydrogen) atoms. The van der Waals surface area contributed by atoms with Crippen LogP contribution < -0.4 is 5.32 Å². The molecule has 1 saturated heterocycles. The van der Waals surface area contributed by atoms with Gasteiger partial charge in [0.25, 0.3) is 0 Å². The Bertz CT molecular complexity index is 374. The molecule has 1 fully saturated rings. The van der Waals surface area contributed by atoms with E-state index in [0.29, 0.717) is 6.04 Å². The number of nitrogens with zero attached hydrogens (tertiary/aromatic N) is 1. The van der Waals surface area contributed by atoms with Crippen molar-refractivity contribution in [2.45, 2.75) is 32.9 Å². The van der Waals surface area contributed by atoms with Crippen molar-refractivity contribution < 1.29 is 0 Å². The van der Waals surface area contributed by atoms with E-state index >= 15 is 0 Å². The maximum absolute atomic E-state index is 6.17. The molecule has 1 aromatic carbocycles. The van der Waals surface area contributed by atoms with Crippen molar-refractivity contribution in [2.24, 2.45) is 0 Å². The van der Waals surface area contributed by atoms with Gasteiger partial charge < -0.3 is 5.32 Å². The minimum atomic E-state index is 0.704. The van der Waals surface area contributed by atoms with Gasteiger partial charge in [-0.2, -0.15) is 0 Å². The van der Waals surface area contributed by atoms with Crippen LogP contribution in [0.15, 0.2) is 18.2 Å². The quantitative estimate of drug-likeness (QED) is 0.867. The van der Waals surface area contributed by atoms with Crippen LogP contribution in [0.25, 0.3) is 0 Å². The number of halogens is 1. The lowest BCUT2D eigenvalue weighted by atomic mass is 10.1. The van der Waals surface area contributed by atoms with Crippen LogP contribution in [0, 0.1) is 6.92 Å². The van der Waals surface area contributed by atoms with Crippen molar-refractivity contribution in [3.8, 4) is 0 Å². The van der Waals surface area contributed by atoms with E-state index in [0.717, 1.165) is 36.8 Å². The second kappa shape index (κ2) is 5.85. The molecule has 2 rings (SSSR count). The molecule has 2 nitrogen and oxygen atoms in total. The average Bonchev–Trinajstić information content (AvgIpc) is 2.21. The van der Waals surface area contributed by atoms with Crippen molar-refractivity contribution in [1.82, 2.24) is 10.2 Å². The molecule has 94 valence electrons. The fourth-order valence-electron chi connectivity index (χ4n) is 2.18. The summed E-state index contributed by atoms with van der Waals surface area (Å²) in [5, 5.41) is 4.22. The van der Waals surface area contributed by atoms with E-state index in [2.05, 4.69) is 35.3 Å². The Hall–Kier alpha value is -0.570. The van der Waals surface area contributed by atoms with Crippen LogP contribution in [0.4, 0.5) is 0 Å². The van der Waals surface area contributed by atoms with E-state index in [1.807, 2.05) is 6.92 Å². The first-order valence-electron chi connectivity index (χ1n) is 6.40. The van der Waals surface area contributed by atoms with Crippen LogP contribution >= 0.6 is 11.6 Å². The molecule has 0 radical (unpaired) electrons. The van der Waals surface area contributed by atoms with Gasteiger partial charge in [0.2, 0.25) is 0 Å². The molecule has 1 heterocycles. The van der Waals surface area contributed by atoms with Crippen molar-refractivity contribution in [3.63, 3.8) is 0 Å². The summed E-state index contributed by atoms with van der Waals surface area (Å²) in [7, 11) is 0. The van der Waals surface area contributed by atoms with Crippen LogP contribution in [0.1, 0.15) is 24.5 Å². The van der Waals surface area contributed by atoms with Gasteiger partial charge in [0.1, 0.15) is 0 Å². The van der Waals surface area contributed by atoms with Gasteiger partial charge in [-0.15, -0.1) is 0 Å². The van der Waals surface area contributed by atoms with E-state index in [-0.39, 0.29) is 0 Å². The number of rotatable bonds is 5. The Kier molecular flexibility index (Phi) is 4.43. The number of hydrogen-bond donors (Lipinski definition) is 1. The predicted octanol–water partition coefficient (Wildman–Crippen LogP) is 2.83. The maximum atomic E-state index is 6.17. The predicted molar refractivity (Wildman–Crippen MR) is 73.5 cm³/mol. The van der Waals surface area contributed by atoms with Crippen LogP contribution in [0.5, 0.6) is 0 Å². The largest absolute Gasteiger partial charge is 0.314 e. The second-order valence-corrected chi connectivity index (χ2v) is 5.27. The minimum Gasteiger partial charge on any atom is -0.314 e. The summed E-state index contributed by atoms with van der Waals surface area (Å²) in [6, 6.07) is 7.11. The Morgan fingerprint density at radius 2 is 2.18 bits per heavy atom. The van der Waals surface area contributed by atoms with Crippen molar-refractivity contribution in [3.05, 3.63) is 34.3 Å². The second-order valence-electron chi connectivity index (χ2n) is 4.87. The first kappa shape index (κ1) is 12.9. The molecule has 0 amide bonds. The van der Waals surface area contributed by atoms with Gasteiger partial charge in [-0.3, -0.25) is 4.90 Å². The summed E-state index contributed by atoms with van der Waals surface area (Å²) in [5.74, 6) is 0. The summed E-state index contributed by atoms with van der Waals surface area (Å²) < 4.78 is 0. The lowest BCUT2D eigenvalue weighted by molar-refractivity contribution is 0.138. The molecule has 0 aliphatic carbocycles. The highest BCUT2D eigenvalue weighted by molar-refractivity contribution is 6.31. The molecule has 0 aromatic heterocycles. The van der Waals surface area contributed by atoms with E-state index in [9.17, 15) is 0 Å². The Morgan fingerprint density at radius 1 is 1.41 bits per heavy atom. The molecule has 3 heteroatoms. The van der Waals surface area contributed by atoms with Gasteiger partial charge in [0.05, 0.1) is 0 Å². The molecule has 0 spiro atoms. The number of nitrogens with one attached hydrogen (secondary N) is 1. The molecule has 0 saturated carbocycles. The molecule has 1 aromatic rings. The van der Waals surface area contributed by atoms with Gasteiger partial charge in [0, 0.05) is 30.7 Å². The monoisotopic (exact) mass is 252 g/mol. The zero-order valence-electron chi connectivity index (χ0n) is 10.7. The van der Waals surface area contributed by atoms with Crippen LogP contribution in [0.2, 0.25) is 5.02 Å². The number of hydrogen-bond acceptors (Lipinski definition) is 2. The Morgan fingerprint density at radius 3 is 2.71 bits per heavy atom. The molecular weight excluding hydrogens is 232 g/mol. The fraction of sp³-hybridized carbons (Fsp3) is 0.571. The summed E-state index contributed by atoms with van der Waals surface area (Å²) in [4.78, 5) is 2.55. The van der Waals surface area contributed by atoms with Gasteiger partial charge in [0.15, 0.2) is 0 Å². The van der Waals surface area contributed by atoms with E-state index in [1.165, 1.54) is 12.0 Å². The third-order valence-corrected chi connectivity index (χ3v) is 3.82. The van der Waals surface area contributed by atoms with E-state index in [1.54, 1.807) is 0 Å². The van der Waals surface area contributed by atoms with Crippen molar-refractivity contribution in [1.29, 1.82) is 0 Å². The van der Waals surface area contributed by atoms with Crippen LogP contribution in [-0.4, -0.2) is 30.6 Å². The van der Waals surface area contributed by atoms with Gasteiger partial charge >= 0.3 is 0 Å². The van der Waals surface area contributed by atoms with E-state index in [4.69, 9.17) is 11.6 Å². The smallest absolute Gasteiger partial charge is 0.0438 e. The molecule has 1 N–H and O–H groups in total. The summed E-state index contributed by atoms with van der Waals surface area (Å²) in [6.45, 7) is 8.71. The van der Waals surface area contributed by atoms with Gasteiger partial charge in [-0.25, -0.2) is 0 Å². The van der Waals surface area contributed by atoms with Gasteiger partial charge in [-0.05, 0) is 37.1 Å². The van der Waals surface area contributed by atoms with Gasteiger partial charge in [-0.1, -0.05) is 30.7 Å². The molecular formula is C14H21ClN2. The van der Waals surface area contributed by atoms with Crippen LogP contribution in [-0.2, 0) is 6.54 Å². The Labute approximate surface area is 109 Å². The topological polar surface area (TPSA) is 15.3 Å². The first-order chi connectivity index (χ1) is 8.20. The standard InChI is InChI=1S/C14H21ClN2/c1-3-6-17(13-8-16-9-13)10-12-5-4-11(2)14(15)7-12/h4-5,7,13,16H,3,6,8-10H2,1-2H3. The fourth-order valence-corrected chi connectivity index (χ4v) is 2.38. The molecule has 0 bridgehead atoms. The molecule has 1 aliphatic rings.